The van der Waals surface area contributed by atoms with Crippen LogP contribution < -0.4 is 10.9 Å². The van der Waals surface area contributed by atoms with E-state index in [1.54, 1.807) is 14.0 Å². The summed E-state index contributed by atoms with van der Waals surface area (Å²) in [4.78, 5) is 36.0. The van der Waals surface area contributed by atoms with Gasteiger partial charge >= 0.3 is 6.01 Å². The van der Waals surface area contributed by atoms with Gasteiger partial charge < -0.3 is 8.98 Å². The summed E-state index contributed by atoms with van der Waals surface area (Å²) < 4.78 is 21.8. The molecule has 9 nitrogen and oxygen atoms in total. The minimum atomic E-state index is -0.427. The molecule has 0 radical (unpaired) electrons. The van der Waals surface area contributed by atoms with E-state index in [2.05, 4.69) is 20.3 Å². The highest BCUT2D eigenvalue weighted by Crippen LogP contribution is 2.22. The Bertz CT molecular complexity index is 1180. The second-order valence-corrected chi connectivity index (χ2v) is 5.81. The quantitative estimate of drug-likeness (QED) is 0.594. The Kier molecular flexibility index (Phi) is 3.53. The van der Waals surface area contributed by atoms with Crippen molar-refractivity contribution in [1.29, 1.82) is 0 Å². The summed E-state index contributed by atoms with van der Waals surface area (Å²) in [7, 11) is 1.57. The average Bonchev–Trinajstić information content (AvgIpc) is 3.15. The van der Waals surface area contributed by atoms with Gasteiger partial charge in [-0.3, -0.25) is 19.5 Å². The van der Waals surface area contributed by atoms with Gasteiger partial charge in [0.05, 0.1) is 12.5 Å². The van der Waals surface area contributed by atoms with Gasteiger partial charge in [0.2, 0.25) is 5.91 Å². The molecular formula is C16H13FN6O3. The van der Waals surface area contributed by atoms with Gasteiger partial charge in [0.1, 0.15) is 17.9 Å². The molecule has 0 atom stereocenters. The highest BCUT2D eigenvalue weighted by molar-refractivity contribution is 5.90. The maximum atomic E-state index is 13.6. The Balaban J connectivity index is 1.58. The van der Waals surface area contributed by atoms with Crippen LogP contribution >= 0.6 is 0 Å². The van der Waals surface area contributed by atoms with Crippen molar-refractivity contribution in [3.8, 4) is 0 Å². The van der Waals surface area contributed by atoms with E-state index in [-0.39, 0.29) is 18.1 Å². The van der Waals surface area contributed by atoms with Crippen LogP contribution in [-0.4, -0.2) is 30.0 Å². The SMILES string of the molecule is Cc1cc2oc(NC(=O)Cn3cnc4c3ncc(=O)n4C)nc2cc1F. The predicted octanol–water partition coefficient (Wildman–Crippen LogP) is 1.36. The number of nitrogens with zero attached hydrogens (tertiary/aromatic N) is 5. The highest BCUT2D eigenvalue weighted by Gasteiger charge is 2.14. The number of halogens is 1. The van der Waals surface area contributed by atoms with Gasteiger partial charge in [-0.1, -0.05) is 0 Å². The van der Waals surface area contributed by atoms with Crippen molar-refractivity contribution in [2.45, 2.75) is 13.5 Å². The minimum absolute atomic E-state index is 0.0280. The second kappa shape index (κ2) is 5.76. The Labute approximate surface area is 145 Å². The van der Waals surface area contributed by atoms with Crippen LogP contribution in [0.25, 0.3) is 22.4 Å². The molecule has 0 aliphatic heterocycles. The molecule has 26 heavy (non-hydrogen) atoms. The molecule has 0 unspecified atom stereocenters. The largest absolute Gasteiger partial charge is 0.423 e. The number of benzene rings is 1. The number of fused-ring (bicyclic) bond motifs is 2. The molecule has 1 N–H and O–H groups in total. The van der Waals surface area contributed by atoms with Gasteiger partial charge in [-0.2, -0.15) is 4.98 Å². The number of anilines is 1. The monoisotopic (exact) mass is 356 g/mol. The number of rotatable bonds is 3. The lowest BCUT2D eigenvalue weighted by Gasteiger charge is -2.03. The first kappa shape index (κ1) is 15.9. The zero-order valence-corrected chi connectivity index (χ0v) is 13.9. The molecule has 0 saturated carbocycles. The van der Waals surface area contributed by atoms with Gasteiger partial charge in [-0.15, -0.1) is 0 Å². The van der Waals surface area contributed by atoms with Crippen LogP contribution in [0, 0.1) is 12.7 Å². The van der Waals surface area contributed by atoms with E-state index < -0.39 is 11.7 Å². The van der Waals surface area contributed by atoms with E-state index in [9.17, 15) is 14.0 Å². The number of hydrogen-bond acceptors (Lipinski definition) is 6. The summed E-state index contributed by atoms with van der Waals surface area (Å²) in [5, 5.41) is 2.52. The fourth-order valence-electron chi connectivity index (χ4n) is 2.57. The summed E-state index contributed by atoms with van der Waals surface area (Å²) in [6, 6.07) is 2.73. The normalized spacial score (nSPS) is 11.3. The molecule has 0 fully saturated rings. The standard InChI is InChI=1S/C16H13FN6O3/c1-8-3-11-10(4-9(8)17)20-16(26-11)21-12(24)6-23-7-19-14-15(23)18-5-13(25)22(14)2/h3-5,7H,6H2,1-2H3,(H,20,21,24). The van der Waals surface area contributed by atoms with Crippen molar-refractivity contribution in [2.24, 2.45) is 7.05 Å². The first-order valence-electron chi connectivity index (χ1n) is 7.66. The van der Waals surface area contributed by atoms with E-state index in [0.717, 1.165) is 6.20 Å². The topological polar surface area (TPSA) is 108 Å². The van der Waals surface area contributed by atoms with Crippen LogP contribution in [0.4, 0.5) is 10.4 Å². The summed E-state index contributed by atoms with van der Waals surface area (Å²) in [5.74, 6) is -0.825. The fourth-order valence-corrected chi connectivity index (χ4v) is 2.57. The molecule has 0 spiro atoms. The number of hydrogen-bond donors (Lipinski definition) is 1. The number of imidazole rings is 1. The van der Waals surface area contributed by atoms with E-state index in [4.69, 9.17) is 4.42 Å². The van der Waals surface area contributed by atoms with Crippen molar-refractivity contribution < 1.29 is 13.6 Å². The van der Waals surface area contributed by atoms with Crippen LogP contribution in [0.15, 0.2) is 33.9 Å². The zero-order valence-electron chi connectivity index (χ0n) is 13.9. The molecule has 4 aromatic rings. The molecule has 3 aromatic heterocycles. The first-order chi connectivity index (χ1) is 12.4. The van der Waals surface area contributed by atoms with E-state index in [1.165, 1.54) is 27.6 Å². The number of amides is 1. The number of carbonyl (C=O) groups is 1. The van der Waals surface area contributed by atoms with Gasteiger partial charge in [0, 0.05) is 13.1 Å². The van der Waals surface area contributed by atoms with Crippen LogP contribution in [0.2, 0.25) is 0 Å². The predicted molar refractivity (Wildman–Crippen MR) is 90.1 cm³/mol. The summed E-state index contributed by atoms with van der Waals surface area (Å²) in [6.45, 7) is 1.51. The van der Waals surface area contributed by atoms with Gasteiger partial charge in [0.15, 0.2) is 16.9 Å². The van der Waals surface area contributed by atoms with Crippen molar-refractivity contribution >= 4 is 34.3 Å². The molecule has 0 aliphatic rings. The molecule has 4 rings (SSSR count). The summed E-state index contributed by atoms with van der Waals surface area (Å²) in [5.41, 5.74) is 1.60. The number of nitrogens with one attached hydrogen (secondary N) is 1. The van der Waals surface area contributed by atoms with Crippen molar-refractivity contribution in [2.75, 3.05) is 5.32 Å². The average molecular weight is 356 g/mol. The molecule has 0 bridgehead atoms. The molecular weight excluding hydrogens is 343 g/mol. The zero-order chi connectivity index (χ0) is 18.4. The maximum Gasteiger partial charge on any atom is 0.302 e. The molecule has 0 aliphatic carbocycles. The van der Waals surface area contributed by atoms with Gasteiger partial charge in [0.25, 0.3) is 5.56 Å². The number of aromatic nitrogens is 5. The highest BCUT2D eigenvalue weighted by atomic mass is 19.1. The van der Waals surface area contributed by atoms with Gasteiger partial charge in [-0.25, -0.2) is 14.4 Å². The van der Waals surface area contributed by atoms with Crippen LogP contribution in [-0.2, 0) is 18.4 Å². The van der Waals surface area contributed by atoms with E-state index >= 15 is 0 Å². The first-order valence-corrected chi connectivity index (χ1v) is 7.66. The Morgan fingerprint density at radius 1 is 1.31 bits per heavy atom. The van der Waals surface area contributed by atoms with Crippen molar-refractivity contribution in [1.82, 2.24) is 24.1 Å². The van der Waals surface area contributed by atoms with Crippen LogP contribution in [0.5, 0.6) is 0 Å². The van der Waals surface area contributed by atoms with Crippen molar-refractivity contribution in [3.05, 3.63) is 46.4 Å². The van der Waals surface area contributed by atoms with E-state index in [1.807, 2.05) is 0 Å². The van der Waals surface area contributed by atoms with Crippen molar-refractivity contribution in [3.63, 3.8) is 0 Å². The molecule has 3 heterocycles. The maximum absolute atomic E-state index is 13.6. The number of aryl methyl sites for hydroxylation is 2. The fraction of sp³-hybridized carbons (Fsp3) is 0.188. The van der Waals surface area contributed by atoms with Gasteiger partial charge in [-0.05, 0) is 18.6 Å². The molecule has 1 amide bonds. The minimum Gasteiger partial charge on any atom is -0.423 e. The summed E-state index contributed by atoms with van der Waals surface area (Å²) >= 11 is 0. The molecule has 1 aromatic carbocycles. The van der Waals surface area contributed by atoms with E-state index in [0.29, 0.717) is 28.0 Å². The smallest absolute Gasteiger partial charge is 0.302 e. The molecule has 10 heteroatoms. The second-order valence-electron chi connectivity index (χ2n) is 5.81. The van der Waals surface area contributed by atoms with Crippen LogP contribution in [0.1, 0.15) is 5.56 Å². The Morgan fingerprint density at radius 2 is 2.12 bits per heavy atom. The third-order valence-corrected chi connectivity index (χ3v) is 3.97. The summed E-state index contributed by atoms with van der Waals surface area (Å²) in [6.07, 6.45) is 2.58. The number of carbonyl (C=O) groups excluding carboxylic acids is 1. The molecule has 132 valence electrons. The van der Waals surface area contributed by atoms with Crippen LogP contribution in [0.3, 0.4) is 0 Å². The third kappa shape index (κ3) is 2.61. The lowest BCUT2D eigenvalue weighted by atomic mass is 10.2. The molecule has 0 saturated heterocycles. The lowest BCUT2D eigenvalue weighted by molar-refractivity contribution is -0.116. The third-order valence-electron chi connectivity index (χ3n) is 3.97. The Morgan fingerprint density at radius 3 is 2.92 bits per heavy atom. The lowest BCUT2D eigenvalue weighted by Crippen LogP contribution is -2.20. The Hall–Kier alpha value is -3.56. The number of oxazole rings is 1.